The topological polar surface area (TPSA) is 71.7 Å². The van der Waals surface area contributed by atoms with Crippen molar-refractivity contribution >= 4 is 22.7 Å². The van der Waals surface area contributed by atoms with Crippen LogP contribution in [0.2, 0.25) is 0 Å². The normalized spacial score (nSPS) is 18.1. The molecule has 1 unspecified atom stereocenters. The number of H-pyrrole nitrogens is 1. The number of rotatable bonds is 9. The molecule has 1 saturated carbocycles. The molecule has 2 aliphatic rings. The van der Waals surface area contributed by atoms with Gasteiger partial charge in [-0.3, -0.25) is 19.4 Å². The lowest BCUT2D eigenvalue weighted by Crippen LogP contribution is -2.55. The van der Waals surface area contributed by atoms with Crippen LogP contribution in [0.1, 0.15) is 54.4 Å². The summed E-state index contributed by atoms with van der Waals surface area (Å²) in [4.78, 5) is 35.8. The van der Waals surface area contributed by atoms with E-state index < -0.39 is 42.0 Å². The van der Waals surface area contributed by atoms with Crippen LogP contribution in [0.5, 0.6) is 0 Å². The van der Waals surface area contributed by atoms with Gasteiger partial charge in [0.05, 0.1) is 17.7 Å². The van der Waals surface area contributed by atoms with Gasteiger partial charge in [0.25, 0.3) is 0 Å². The lowest BCUT2D eigenvalue weighted by Gasteiger charge is -2.40. The molecule has 0 spiro atoms. The molecule has 2 fully saturated rings. The highest BCUT2D eigenvalue weighted by molar-refractivity contribution is 5.90. The number of halogens is 6. The minimum atomic E-state index is -5.01. The average molecular weight is 652 g/mol. The van der Waals surface area contributed by atoms with E-state index in [0.29, 0.717) is 31.3 Å². The number of amides is 2. The van der Waals surface area contributed by atoms with Crippen molar-refractivity contribution in [3.05, 3.63) is 70.9 Å². The SMILES string of the molecule is CN(Cc1cc(C(F)(F)F)cc(C(F)(F)F)c1)C(=O)C(Cc1c[nH]c2ccccc12)NC(=O)CN1CCN(C2CCCCC2)CC1. The Balaban J connectivity index is 1.30. The summed E-state index contributed by atoms with van der Waals surface area (Å²) < 4.78 is 80.7. The molecular formula is C33H39F6N5O2. The van der Waals surface area contributed by atoms with Crippen LogP contribution in [0.3, 0.4) is 0 Å². The Morgan fingerprint density at radius 3 is 2.20 bits per heavy atom. The summed E-state index contributed by atoms with van der Waals surface area (Å²) in [7, 11) is 1.30. The molecule has 3 aromatic rings. The van der Waals surface area contributed by atoms with Crippen molar-refractivity contribution in [2.75, 3.05) is 39.8 Å². The van der Waals surface area contributed by atoms with Gasteiger partial charge in [-0.25, -0.2) is 0 Å². The largest absolute Gasteiger partial charge is 0.416 e. The van der Waals surface area contributed by atoms with E-state index in [2.05, 4.69) is 15.2 Å². The Hall–Kier alpha value is -3.58. The smallest absolute Gasteiger partial charge is 0.361 e. The molecule has 2 N–H and O–H groups in total. The van der Waals surface area contributed by atoms with Gasteiger partial charge in [-0.05, 0) is 48.2 Å². The lowest BCUT2D eigenvalue weighted by molar-refractivity contribution is -0.143. The van der Waals surface area contributed by atoms with Crippen molar-refractivity contribution < 1.29 is 35.9 Å². The third-order valence-corrected chi connectivity index (χ3v) is 9.04. The molecule has 2 aromatic carbocycles. The number of alkyl halides is 6. The highest BCUT2D eigenvalue weighted by atomic mass is 19.4. The van der Waals surface area contributed by atoms with Gasteiger partial charge in [-0.1, -0.05) is 37.5 Å². The molecule has 1 aliphatic carbocycles. The molecule has 2 heterocycles. The number of para-hydroxylation sites is 1. The first-order chi connectivity index (χ1) is 21.8. The number of aromatic amines is 1. The fraction of sp³-hybridized carbons (Fsp3) is 0.515. The summed E-state index contributed by atoms with van der Waals surface area (Å²) in [6.45, 7) is 2.69. The number of likely N-dealkylation sites (N-methyl/N-ethyl adjacent to an activating group) is 1. The third-order valence-electron chi connectivity index (χ3n) is 9.04. The zero-order valence-corrected chi connectivity index (χ0v) is 25.7. The fourth-order valence-corrected chi connectivity index (χ4v) is 6.62. The summed E-state index contributed by atoms with van der Waals surface area (Å²) in [6, 6.07) is 8.16. The average Bonchev–Trinajstić information content (AvgIpc) is 3.43. The molecule has 1 saturated heterocycles. The maximum Gasteiger partial charge on any atom is 0.416 e. The maximum absolute atomic E-state index is 13.8. The van der Waals surface area contributed by atoms with Crippen molar-refractivity contribution in [1.29, 1.82) is 0 Å². The molecule has 7 nitrogen and oxygen atoms in total. The van der Waals surface area contributed by atoms with Crippen LogP contribution >= 0.6 is 0 Å². The summed E-state index contributed by atoms with van der Waals surface area (Å²) in [6.07, 6.45) is -2.06. The summed E-state index contributed by atoms with van der Waals surface area (Å²) in [5.74, 6) is -1.01. The van der Waals surface area contributed by atoms with Crippen LogP contribution < -0.4 is 5.32 Å². The number of nitrogens with zero attached hydrogens (tertiary/aromatic N) is 3. The van der Waals surface area contributed by atoms with Crippen LogP contribution in [0.4, 0.5) is 26.3 Å². The molecule has 250 valence electrons. The summed E-state index contributed by atoms with van der Waals surface area (Å²) >= 11 is 0. The molecule has 1 aromatic heterocycles. The monoisotopic (exact) mass is 651 g/mol. The highest BCUT2D eigenvalue weighted by Crippen LogP contribution is 2.36. The highest BCUT2D eigenvalue weighted by Gasteiger charge is 2.37. The number of fused-ring (bicyclic) bond motifs is 1. The summed E-state index contributed by atoms with van der Waals surface area (Å²) in [5, 5.41) is 3.66. The van der Waals surface area contributed by atoms with Gasteiger partial charge >= 0.3 is 12.4 Å². The summed E-state index contributed by atoms with van der Waals surface area (Å²) in [5.41, 5.74) is -1.67. The van der Waals surface area contributed by atoms with Crippen molar-refractivity contribution in [3.8, 4) is 0 Å². The van der Waals surface area contributed by atoms with Gasteiger partial charge in [0.2, 0.25) is 11.8 Å². The number of benzene rings is 2. The number of carbonyl (C=O) groups is 2. The number of hydrogen-bond donors (Lipinski definition) is 2. The number of hydrogen-bond acceptors (Lipinski definition) is 4. The zero-order chi connectivity index (χ0) is 33.1. The minimum Gasteiger partial charge on any atom is -0.361 e. The van der Waals surface area contributed by atoms with E-state index in [1.54, 1.807) is 6.20 Å². The van der Waals surface area contributed by atoms with E-state index in [4.69, 9.17) is 0 Å². The van der Waals surface area contributed by atoms with E-state index in [-0.39, 0.29) is 30.5 Å². The Bertz CT molecular complexity index is 1470. The van der Waals surface area contributed by atoms with E-state index in [1.807, 2.05) is 29.2 Å². The number of aromatic nitrogens is 1. The van der Waals surface area contributed by atoms with Gasteiger partial charge in [-0.15, -0.1) is 0 Å². The van der Waals surface area contributed by atoms with Crippen LogP contribution in [0, 0.1) is 0 Å². The maximum atomic E-state index is 13.8. The van der Waals surface area contributed by atoms with E-state index in [0.717, 1.165) is 34.5 Å². The number of nitrogens with one attached hydrogen (secondary N) is 2. The lowest BCUT2D eigenvalue weighted by atomic mass is 9.94. The van der Waals surface area contributed by atoms with Crippen molar-refractivity contribution in [2.45, 2.75) is 69.5 Å². The second-order valence-electron chi connectivity index (χ2n) is 12.4. The van der Waals surface area contributed by atoms with Gasteiger partial charge < -0.3 is 15.2 Å². The molecule has 5 rings (SSSR count). The van der Waals surface area contributed by atoms with Gasteiger partial charge in [0.15, 0.2) is 0 Å². The van der Waals surface area contributed by atoms with Crippen LogP contribution in [-0.4, -0.2) is 83.4 Å². The van der Waals surface area contributed by atoms with Crippen LogP contribution in [-0.2, 0) is 34.9 Å². The number of piperazine rings is 1. The van der Waals surface area contributed by atoms with E-state index in [9.17, 15) is 35.9 Å². The standard InChI is InChI=1S/C33H39F6N5O2/c1-42(20-22-15-24(32(34,35)36)18-25(16-22)33(37,38)39)31(46)29(17-23-19-40-28-10-6-5-9-27(23)28)41-30(45)21-43-11-13-44(14-12-43)26-7-3-2-4-8-26/h5-6,9-10,15-16,18-19,26,29,40H,2-4,7-8,11-14,17,20-21H2,1H3,(H,41,45). The quantitative estimate of drug-likeness (QED) is 0.286. The molecule has 1 aliphatic heterocycles. The second-order valence-corrected chi connectivity index (χ2v) is 12.4. The van der Waals surface area contributed by atoms with Crippen molar-refractivity contribution in [3.63, 3.8) is 0 Å². The van der Waals surface area contributed by atoms with Gasteiger partial charge in [0.1, 0.15) is 6.04 Å². The van der Waals surface area contributed by atoms with Gasteiger partial charge in [0, 0.05) is 69.3 Å². The van der Waals surface area contributed by atoms with Gasteiger partial charge in [-0.2, -0.15) is 26.3 Å². The van der Waals surface area contributed by atoms with Crippen LogP contribution in [0.25, 0.3) is 10.9 Å². The van der Waals surface area contributed by atoms with E-state index >= 15 is 0 Å². The molecule has 13 heteroatoms. The fourth-order valence-electron chi connectivity index (χ4n) is 6.62. The van der Waals surface area contributed by atoms with Crippen molar-refractivity contribution in [1.82, 2.24) is 25.0 Å². The molecule has 46 heavy (non-hydrogen) atoms. The first-order valence-corrected chi connectivity index (χ1v) is 15.6. The second kappa shape index (κ2) is 14.0. The Labute approximate surface area is 263 Å². The Kier molecular flexibility index (Phi) is 10.3. The predicted molar refractivity (Wildman–Crippen MR) is 162 cm³/mol. The molecule has 2 amide bonds. The number of carbonyl (C=O) groups excluding carboxylic acids is 2. The molecule has 1 atom stereocenters. The van der Waals surface area contributed by atoms with Crippen LogP contribution in [0.15, 0.2) is 48.7 Å². The first-order valence-electron chi connectivity index (χ1n) is 15.6. The van der Waals surface area contributed by atoms with Crippen molar-refractivity contribution in [2.24, 2.45) is 0 Å². The zero-order valence-electron chi connectivity index (χ0n) is 25.7. The molecular weight excluding hydrogens is 612 g/mol. The third kappa shape index (κ3) is 8.41. The minimum absolute atomic E-state index is 0.0559. The molecule has 0 radical (unpaired) electrons. The first kappa shape index (κ1) is 33.8. The van der Waals surface area contributed by atoms with E-state index in [1.165, 1.54) is 39.2 Å². The Morgan fingerprint density at radius 1 is 0.935 bits per heavy atom. The Morgan fingerprint density at radius 2 is 1.57 bits per heavy atom. The molecule has 0 bridgehead atoms. The predicted octanol–water partition coefficient (Wildman–Crippen LogP) is 5.84.